The van der Waals surface area contributed by atoms with E-state index in [1.807, 2.05) is 13.0 Å². The summed E-state index contributed by atoms with van der Waals surface area (Å²) in [7, 11) is -3.54. The molecule has 1 atom stereocenters. The SMILES string of the molecule is Cc1cccc(N(CCCC(=O)N(Cc2ccc(Cl)cc2Cl)[C@@H](C)C(=O)NC2CCCC2)S(C)(=O)=O)c1. The van der Waals surface area contributed by atoms with E-state index in [2.05, 4.69) is 5.32 Å². The molecule has 1 aliphatic rings. The fourth-order valence-electron chi connectivity index (χ4n) is 4.59. The van der Waals surface area contributed by atoms with Crippen molar-refractivity contribution in [1.82, 2.24) is 10.2 Å². The van der Waals surface area contributed by atoms with Gasteiger partial charge in [-0.3, -0.25) is 13.9 Å². The number of nitrogens with zero attached hydrogens (tertiary/aromatic N) is 2. The number of sulfonamides is 1. The molecule has 3 rings (SSSR count). The summed E-state index contributed by atoms with van der Waals surface area (Å²) in [5, 5.41) is 3.97. The van der Waals surface area contributed by atoms with Crippen molar-refractivity contribution in [1.29, 1.82) is 0 Å². The number of benzene rings is 2. The third kappa shape index (κ3) is 8.35. The summed E-state index contributed by atoms with van der Waals surface area (Å²) in [4.78, 5) is 28.0. The molecular formula is C27H35Cl2N3O4S. The molecule has 1 saturated carbocycles. The van der Waals surface area contributed by atoms with Crippen LogP contribution in [0, 0.1) is 6.92 Å². The molecule has 7 nitrogen and oxygen atoms in total. The van der Waals surface area contributed by atoms with E-state index in [1.54, 1.807) is 43.3 Å². The fraction of sp³-hybridized carbons (Fsp3) is 0.481. The quantitative estimate of drug-likeness (QED) is 0.398. The zero-order valence-electron chi connectivity index (χ0n) is 21.5. The van der Waals surface area contributed by atoms with Gasteiger partial charge in [0.05, 0.1) is 11.9 Å². The second kappa shape index (κ2) is 13.0. The van der Waals surface area contributed by atoms with E-state index >= 15 is 0 Å². The van der Waals surface area contributed by atoms with E-state index in [0.717, 1.165) is 37.5 Å². The highest BCUT2D eigenvalue weighted by Crippen LogP contribution is 2.25. The summed E-state index contributed by atoms with van der Waals surface area (Å²) >= 11 is 12.4. The van der Waals surface area contributed by atoms with Crippen LogP contribution in [0.4, 0.5) is 5.69 Å². The van der Waals surface area contributed by atoms with Crippen LogP contribution in [-0.2, 0) is 26.2 Å². The molecule has 1 aliphatic carbocycles. The van der Waals surface area contributed by atoms with Gasteiger partial charge in [-0.2, -0.15) is 0 Å². The van der Waals surface area contributed by atoms with Gasteiger partial charge in [-0.05, 0) is 68.5 Å². The van der Waals surface area contributed by atoms with Gasteiger partial charge in [-0.25, -0.2) is 8.42 Å². The van der Waals surface area contributed by atoms with Crippen LogP contribution in [-0.4, -0.2) is 50.0 Å². The first-order valence-electron chi connectivity index (χ1n) is 12.5. The van der Waals surface area contributed by atoms with Gasteiger partial charge in [0.15, 0.2) is 0 Å². The number of rotatable bonds is 11. The first kappa shape index (κ1) is 29.3. The van der Waals surface area contributed by atoms with Gasteiger partial charge >= 0.3 is 0 Å². The van der Waals surface area contributed by atoms with Crippen molar-refractivity contribution in [3.63, 3.8) is 0 Å². The molecule has 0 heterocycles. The summed E-state index contributed by atoms with van der Waals surface area (Å²) in [6, 6.07) is 11.7. The molecule has 0 radical (unpaired) electrons. The lowest BCUT2D eigenvalue weighted by molar-refractivity contribution is -0.140. The zero-order valence-corrected chi connectivity index (χ0v) is 23.9. The lowest BCUT2D eigenvalue weighted by atomic mass is 10.1. The molecule has 2 aromatic rings. The summed E-state index contributed by atoms with van der Waals surface area (Å²) in [5.74, 6) is -0.458. The maximum absolute atomic E-state index is 13.4. The topological polar surface area (TPSA) is 86.8 Å². The number of aryl methyl sites for hydroxylation is 1. The Balaban J connectivity index is 1.74. The molecule has 0 unspecified atom stereocenters. The van der Waals surface area contributed by atoms with Gasteiger partial charge in [0.25, 0.3) is 0 Å². The lowest BCUT2D eigenvalue weighted by Crippen LogP contribution is -2.49. The van der Waals surface area contributed by atoms with Crippen molar-refractivity contribution < 1.29 is 18.0 Å². The molecule has 0 saturated heterocycles. The molecule has 202 valence electrons. The maximum Gasteiger partial charge on any atom is 0.242 e. The average Bonchev–Trinajstić information content (AvgIpc) is 3.33. The highest BCUT2D eigenvalue weighted by Gasteiger charge is 2.29. The van der Waals surface area contributed by atoms with Crippen molar-refractivity contribution in [3.8, 4) is 0 Å². The predicted octanol–water partition coefficient (Wildman–Crippen LogP) is 5.32. The van der Waals surface area contributed by atoms with E-state index in [1.165, 1.54) is 9.21 Å². The number of anilines is 1. The zero-order chi connectivity index (χ0) is 27.2. The third-order valence-corrected chi connectivity index (χ3v) is 8.45. The Morgan fingerprint density at radius 2 is 1.81 bits per heavy atom. The minimum absolute atomic E-state index is 0.0735. The second-order valence-corrected chi connectivity index (χ2v) is 12.5. The van der Waals surface area contributed by atoms with E-state index in [9.17, 15) is 18.0 Å². The first-order chi connectivity index (χ1) is 17.5. The number of amides is 2. The van der Waals surface area contributed by atoms with Crippen molar-refractivity contribution in [2.75, 3.05) is 17.1 Å². The van der Waals surface area contributed by atoms with Crippen LogP contribution in [0.2, 0.25) is 10.0 Å². The largest absolute Gasteiger partial charge is 0.352 e. The lowest BCUT2D eigenvalue weighted by Gasteiger charge is -2.30. The van der Waals surface area contributed by atoms with Crippen LogP contribution in [0.5, 0.6) is 0 Å². The van der Waals surface area contributed by atoms with E-state index in [4.69, 9.17) is 23.2 Å². The average molecular weight is 569 g/mol. The Morgan fingerprint density at radius 3 is 2.43 bits per heavy atom. The first-order valence-corrected chi connectivity index (χ1v) is 15.1. The van der Waals surface area contributed by atoms with Crippen LogP contribution in [0.25, 0.3) is 0 Å². The highest BCUT2D eigenvalue weighted by molar-refractivity contribution is 7.92. The number of hydrogen-bond acceptors (Lipinski definition) is 4. The number of halogens is 2. The Bertz CT molecular complexity index is 1220. The molecule has 2 amide bonds. The molecule has 0 aliphatic heterocycles. The minimum Gasteiger partial charge on any atom is -0.352 e. The molecule has 0 aromatic heterocycles. The van der Waals surface area contributed by atoms with E-state index in [0.29, 0.717) is 27.7 Å². The normalized spacial score (nSPS) is 14.8. The van der Waals surface area contributed by atoms with Crippen LogP contribution in [0.15, 0.2) is 42.5 Å². The molecule has 10 heteroatoms. The standard InChI is InChI=1S/C27H35Cl2N3O4S/c1-19-8-6-11-24(16-19)32(37(3,35)36)15-7-12-26(33)31(18-21-13-14-22(28)17-25(21)29)20(2)27(34)30-23-9-4-5-10-23/h6,8,11,13-14,16-17,20,23H,4-5,7,9-10,12,15,18H2,1-3H3,(H,30,34)/t20-/m0/s1. The molecule has 1 fully saturated rings. The number of carbonyl (C=O) groups is 2. The molecule has 0 bridgehead atoms. The molecule has 37 heavy (non-hydrogen) atoms. The highest BCUT2D eigenvalue weighted by atomic mass is 35.5. The summed E-state index contributed by atoms with van der Waals surface area (Å²) < 4.78 is 26.3. The maximum atomic E-state index is 13.4. The van der Waals surface area contributed by atoms with Crippen molar-refractivity contribution in [2.45, 2.75) is 71.0 Å². The minimum atomic E-state index is -3.54. The monoisotopic (exact) mass is 567 g/mol. The third-order valence-electron chi connectivity index (χ3n) is 6.67. The van der Waals surface area contributed by atoms with Crippen molar-refractivity contribution >= 4 is 50.7 Å². The number of nitrogens with one attached hydrogen (secondary N) is 1. The molecule has 0 spiro atoms. The summed E-state index contributed by atoms with van der Waals surface area (Å²) in [5.41, 5.74) is 2.18. The van der Waals surface area contributed by atoms with Crippen molar-refractivity contribution in [2.24, 2.45) is 0 Å². The van der Waals surface area contributed by atoms with Gasteiger partial charge < -0.3 is 10.2 Å². The Kier molecular flexibility index (Phi) is 10.3. The Hall–Kier alpha value is -2.29. The van der Waals surface area contributed by atoms with Crippen LogP contribution < -0.4 is 9.62 Å². The molecule has 1 N–H and O–H groups in total. The van der Waals surface area contributed by atoms with Crippen LogP contribution in [0.1, 0.15) is 56.6 Å². The number of carbonyl (C=O) groups excluding carboxylic acids is 2. The van der Waals surface area contributed by atoms with Crippen LogP contribution >= 0.6 is 23.2 Å². The summed E-state index contributed by atoms with van der Waals surface area (Å²) in [6.45, 7) is 3.89. The van der Waals surface area contributed by atoms with Crippen LogP contribution in [0.3, 0.4) is 0 Å². The molecule has 2 aromatic carbocycles. The molecular weight excluding hydrogens is 533 g/mol. The van der Waals surface area contributed by atoms with Gasteiger partial charge in [-0.1, -0.05) is 54.2 Å². The van der Waals surface area contributed by atoms with Gasteiger partial charge in [0.2, 0.25) is 21.8 Å². The Labute approximate surface area is 230 Å². The van der Waals surface area contributed by atoms with Gasteiger partial charge in [0.1, 0.15) is 6.04 Å². The Morgan fingerprint density at radius 1 is 1.11 bits per heavy atom. The van der Waals surface area contributed by atoms with Crippen molar-refractivity contribution in [3.05, 3.63) is 63.6 Å². The van der Waals surface area contributed by atoms with E-state index in [-0.39, 0.29) is 37.4 Å². The van der Waals surface area contributed by atoms with Gasteiger partial charge in [-0.15, -0.1) is 0 Å². The number of hydrogen-bond donors (Lipinski definition) is 1. The van der Waals surface area contributed by atoms with Gasteiger partial charge in [0, 0.05) is 35.6 Å². The fourth-order valence-corrected chi connectivity index (χ4v) is 6.02. The van der Waals surface area contributed by atoms with E-state index < -0.39 is 16.1 Å². The summed E-state index contributed by atoms with van der Waals surface area (Å²) in [6.07, 6.45) is 5.57. The second-order valence-electron chi connectivity index (χ2n) is 9.70. The predicted molar refractivity (Wildman–Crippen MR) is 149 cm³/mol. The smallest absolute Gasteiger partial charge is 0.242 e.